The van der Waals surface area contributed by atoms with Gasteiger partial charge in [-0.1, -0.05) is 13.8 Å². The molecule has 1 aromatic rings. The van der Waals surface area contributed by atoms with Crippen LogP contribution in [0.15, 0.2) is 28.0 Å². The predicted octanol–water partition coefficient (Wildman–Crippen LogP) is 1.35. The third-order valence-electron chi connectivity index (χ3n) is 2.87. The summed E-state index contributed by atoms with van der Waals surface area (Å²) in [5.74, 6) is 0.861. The Morgan fingerprint density at radius 1 is 1.26 bits per heavy atom. The maximum absolute atomic E-state index is 11.3. The summed E-state index contributed by atoms with van der Waals surface area (Å²) < 4.78 is 22.6. The first-order chi connectivity index (χ1) is 8.88. The van der Waals surface area contributed by atoms with Crippen molar-refractivity contribution in [2.24, 2.45) is 5.14 Å². The Bertz CT molecular complexity index is 514. The Balaban J connectivity index is 2.73. The molecular formula is C12H21N3O2S2. The van der Waals surface area contributed by atoms with E-state index in [0.29, 0.717) is 5.69 Å². The van der Waals surface area contributed by atoms with E-state index in [0.717, 1.165) is 30.3 Å². The molecule has 4 N–H and O–H groups in total. The summed E-state index contributed by atoms with van der Waals surface area (Å²) in [5.41, 5.74) is 6.43. The van der Waals surface area contributed by atoms with Crippen LogP contribution in [0.3, 0.4) is 0 Å². The first-order valence-electron chi connectivity index (χ1n) is 6.16. The number of hydrogen-bond donors (Lipinski definition) is 2. The van der Waals surface area contributed by atoms with E-state index in [1.165, 1.54) is 12.1 Å². The summed E-state index contributed by atoms with van der Waals surface area (Å²) in [6.45, 7) is 7.18. The molecule has 0 aliphatic heterocycles. The number of hydrogen-bond acceptors (Lipinski definition) is 5. The SMILES string of the molecule is CCN(CC)CCSc1cc(S(N)(=O)=O)ccc1N. The van der Waals surface area contributed by atoms with Crippen molar-refractivity contribution in [2.45, 2.75) is 23.6 Å². The normalized spacial score (nSPS) is 12.0. The van der Waals surface area contributed by atoms with Crippen LogP contribution >= 0.6 is 11.8 Å². The Morgan fingerprint density at radius 2 is 1.89 bits per heavy atom. The van der Waals surface area contributed by atoms with Gasteiger partial charge in [-0.3, -0.25) is 0 Å². The van der Waals surface area contributed by atoms with Crippen molar-refractivity contribution in [1.29, 1.82) is 0 Å². The van der Waals surface area contributed by atoms with Crippen molar-refractivity contribution >= 4 is 27.5 Å². The lowest BCUT2D eigenvalue weighted by atomic mass is 10.3. The van der Waals surface area contributed by atoms with Crippen LogP contribution in [-0.2, 0) is 10.0 Å². The summed E-state index contributed by atoms with van der Waals surface area (Å²) in [6, 6.07) is 4.55. The monoisotopic (exact) mass is 303 g/mol. The highest BCUT2D eigenvalue weighted by Crippen LogP contribution is 2.27. The number of rotatable bonds is 7. The first-order valence-corrected chi connectivity index (χ1v) is 8.69. The molecule has 0 aliphatic carbocycles. The molecule has 7 heteroatoms. The van der Waals surface area contributed by atoms with E-state index in [1.54, 1.807) is 17.8 Å². The number of nitrogen functional groups attached to an aromatic ring is 1. The van der Waals surface area contributed by atoms with Crippen molar-refractivity contribution < 1.29 is 8.42 Å². The summed E-state index contributed by atoms with van der Waals surface area (Å²) >= 11 is 1.55. The van der Waals surface area contributed by atoms with Gasteiger partial charge >= 0.3 is 0 Å². The second kappa shape index (κ2) is 7.14. The largest absolute Gasteiger partial charge is 0.398 e. The smallest absolute Gasteiger partial charge is 0.238 e. The van der Waals surface area contributed by atoms with Crippen LogP contribution in [-0.4, -0.2) is 38.7 Å². The van der Waals surface area contributed by atoms with Crippen molar-refractivity contribution in [3.8, 4) is 0 Å². The van der Waals surface area contributed by atoms with Crippen LogP contribution in [0, 0.1) is 0 Å². The minimum absolute atomic E-state index is 0.104. The number of sulfonamides is 1. The number of primary sulfonamides is 1. The molecule has 1 rings (SSSR count). The molecule has 0 spiro atoms. The summed E-state index contributed by atoms with van der Waals surface area (Å²) in [4.78, 5) is 3.16. The van der Waals surface area contributed by atoms with E-state index in [2.05, 4.69) is 18.7 Å². The van der Waals surface area contributed by atoms with Crippen molar-refractivity contribution in [3.63, 3.8) is 0 Å². The zero-order chi connectivity index (χ0) is 14.5. The fourth-order valence-electron chi connectivity index (χ4n) is 1.64. The molecule has 1 aromatic carbocycles. The van der Waals surface area contributed by atoms with Crippen LogP contribution in [0.25, 0.3) is 0 Å². The van der Waals surface area contributed by atoms with E-state index in [4.69, 9.17) is 10.9 Å². The van der Waals surface area contributed by atoms with Crippen LogP contribution in [0.1, 0.15) is 13.8 Å². The van der Waals surface area contributed by atoms with Crippen LogP contribution in [0.2, 0.25) is 0 Å². The zero-order valence-corrected chi connectivity index (χ0v) is 12.9. The second-order valence-electron chi connectivity index (χ2n) is 4.12. The molecule has 0 saturated heterocycles. The number of nitrogens with two attached hydrogens (primary N) is 2. The molecule has 0 fully saturated rings. The van der Waals surface area contributed by atoms with E-state index in [9.17, 15) is 8.42 Å². The Hall–Kier alpha value is -0.760. The molecule has 0 unspecified atom stereocenters. The molecule has 0 heterocycles. The van der Waals surface area contributed by atoms with Crippen molar-refractivity contribution in [2.75, 3.05) is 31.1 Å². The molecule has 0 bridgehead atoms. The van der Waals surface area contributed by atoms with E-state index in [1.807, 2.05) is 0 Å². The van der Waals surface area contributed by atoms with Crippen LogP contribution in [0.4, 0.5) is 5.69 Å². The fraction of sp³-hybridized carbons (Fsp3) is 0.500. The minimum atomic E-state index is -3.67. The lowest BCUT2D eigenvalue weighted by Crippen LogP contribution is -2.25. The summed E-state index contributed by atoms with van der Waals surface area (Å²) in [5, 5.41) is 5.11. The first kappa shape index (κ1) is 16.3. The third kappa shape index (κ3) is 5.02. The van der Waals surface area contributed by atoms with Gasteiger partial charge in [0, 0.05) is 22.9 Å². The highest BCUT2D eigenvalue weighted by atomic mass is 32.2. The molecule has 19 heavy (non-hydrogen) atoms. The van der Waals surface area contributed by atoms with Gasteiger partial charge in [-0.2, -0.15) is 0 Å². The van der Waals surface area contributed by atoms with Gasteiger partial charge in [-0.05, 0) is 31.3 Å². The molecule has 0 atom stereocenters. The molecular weight excluding hydrogens is 282 g/mol. The molecule has 5 nitrogen and oxygen atoms in total. The van der Waals surface area contributed by atoms with Crippen molar-refractivity contribution in [1.82, 2.24) is 4.90 Å². The van der Waals surface area contributed by atoms with Gasteiger partial charge in [-0.25, -0.2) is 13.6 Å². The highest BCUT2D eigenvalue weighted by Gasteiger charge is 2.11. The average molecular weight is 303 g/mol. The van der Waals surface area contributed by atoms with E-state index < -0.39 is 10.0 Å². The number of benzene rings is 1. The van der Waals surface area contributed by atoms with Gasteiger partial charge in [0.15, 0.2) is 0 Å². The van der Waals surface area contributed by atoms with E-state index >= 15 is 0 Å². The Kier molecular flexibility index (Phi) is 6.12. The topological polar surface area (TPSA) is 89.4 Å². The van der Waals surface area contributed by atoms with Gasteiger partial charge < -0.3 is 10.6 Å². The Morgan fingerprint density at radius 3 is 2.42 bits per heavy atom. The second-order valence-corrected chi connectivity index (χ2v) is 6.82. The van der Waals surface area contributed by atoms with Crippen molar-refractivity contribution in [3.05, 3.63) is 18.2 Å². The van der Waals surface area contributed by atoms with Crippen LogP contribution < -0.4 is 10.9 Å². The maximum Gasteiger partial charge on any atom is 0.238 e. The van der Waals surface area contributed by atoms with Gasteiger partial charge in [0.25, 0.3) is 0 Å². The number of anilines is 1. The molecule has 0 aromatic heterocycles. The number of thioether (sulfide) groups is 1. The molecule has 0 radical (unpaired) electrons. The standard InChI is InChI=1S/C12H21N3O2S2/c1-3-15(4-2)7-8-18-12-9-10(19(14,16)17)5-6-11(12)13/h5-6,9H,3-4,7-8,13H2,1-2H3,(H2,14,16,17). The highest BCUT2D eigenvalue weighted by molar-refractivity contribution is 7.99. The van der Waals surface area contributed by atoms with Gasteiger partial charge in [-0.15, -0.1) is 11.8 Å². The summed E-state index contributed by atoms with van der Waals surface area (Å²) in [7, 11) is -3.67. The Labute approximate surface area is 119 Å². The molecule has 0 saturated carbocycles. The zero-order valence-electron chi connectivity index (χ0n) is 11.3. The third-order valence-corrected chi connectivity index (χ3v) is 4.84. The quantitative estimate of drug-likeness (QED) is 0.586. The lowest BCUT2D eigenvalue weighted by molar-refractivity contribution is 0.324. The molecule has 0 amide bonds. The van der Waals surface area contributed by atoms with E-state index in [-0.39, 0.29) is 4.90 Å². The maximum atomic E-state index is 11.3. The minimum Gasteiger partial charge on any atom is -0.398 e. The van der Waals surface area contributed by atoms with Crippen LogP contribution in [0.5, 0.6) is 0 Å². The average Bonchev–Trinajstić information content (AvgIpc) is 2.35. The van der Waals surface area contributed by atoms with Gasteiger partial charge in [0.05, 0.1) is 4.90 Å². The van der Waals surface area contributed by atoms with Gasteiger partial charge in [0.2, 0.25) is 10.0 Å². The lowest BCUT2D eigenvalue weighted by Gasteiger charge is -2.17. The molecule has 108 valence electrons. The predicted molar refractivity (Wildman–Crippen MR) is 80.7 cm³/mol. The number of nitrogens with zero attached hydrogens (tertiary/aromatic N) is 1. The molecule has 0 aliphatic rings. The summed E-state index contributed by atoms with van der Waals surface area (Å²) in [6.07, 6.45) is 0. The van der Waals surface area contributed by atoms with Gasteiger partial charge in [0.1, 0.15) is 0 Å². The fourth-order valence-corrected chi connectivity index (χ4v) is 3.27.